The van der Waals surface area contributed by atoms with Crippen LogP contribution in [0.1, 0.15) is 39.5 Å². The third-order valence-electron chi connectivity index (χ3n) is 2.31. The first-order valence-electron chi connectivity index (χ1n) is 5.76. The van der Waals surface area contributed by atoms with Crippen LogP contribution in [0.2, 0.25) is 0 Å². The van der Waals surface area contributed by atoms with Crippen LogP contribution in [0.3, 0.4) is 0 Å². The summed E-state index contributed by atoms with van der Waals surface area (Å²) in [5.74, 6) is 0.705. The number of carbonyl (C=O) groups excluding carboxylic acids is 1. The van der Waals surface area contributed by atoms with Gasteiger partial charge in [0.15, 0.2) is 0 Å². The molecule has 1 amide bonds. The van der Waals surface area contributed by atoms with Crippen LogP contribution in [0, 0.1) is 0 Å². The lowest BCUT2D eigenvalue weighted by Crippen LogP contribution is -2.33. The van der Waals surface area contributed by atoms with Gasteiger partial charge in [0.2, 0.25) is 5.91 Å². The van der Waals surface area contributed by atoms with E-state index in [2.05, 4.69) is 5.32 Å². The minimum atomic E-state index is -0.780. The minimum absolute atomic E-state index is 0.0648. The molecule has 0 aliphatic rings. The maximum Gasteiger partial charge on any atom is 0.220 e. The molecule has 0 aliphatic carbocycles. The molecule has 0 radical (unpaired) electrons. The first kappa shape index (κ1) is 15.6. The monoisotopic (exact) mass is 248 g/mol. The van der Waals surface area contributed by atoms with Gasteiger partial charge in [0.1, 0.15) is 0 Å². The Balaban J connectivity index is 3.58. The molecule has 0 fully saturated rings. The Morgan fingerprint density at radius 2 is 2.00 bits per heavy atom. The van der Waals surface area contributed by atoms with Crippen molar-refractivity contribution in [1.29, 1.82) is 0 Å². The Morgan fingerprint density at radius 3 is 2.50 bits per heavy atom. The van der Waals surface area contributed by atoms with Crippen molar-refractivity contribution in [2.75, 3.05) is 12.0 Å². The largest absolute Gasteiger partial charge is 0.354 e. The molecule has 3 atom stereocenters. The second-order valence-electron chi connectivity index (χ2n) is 4.40. The fraction of sp³-hybridized carbons (Fsp3) is 0.909. The van der Waals surface area contributed by atoms with Crippen molar-refractivity contribution in [1.82, 2.24) is 5.32 Å². The Hall–Kier alpha value is -0.420. The predicted molar refractivity (Wildman–Crippen MR) is 68.7 cm³/mol. The van der Waals surface area contributed by atoms with Gasteiger partial charge >= 0.3 is 0 Å². The molecule has 96 valence electrons. The van der Waals surface area contributed by atoms with Crippen molar-refractivity contribution < 1.29 is 9.00 Å². The number of hydrogen-bond acceptors (Lipinski definition) is 3. The number of carbonyl (C=O) groups is 1. The van der Waals surface area contributed by atoms with Gasteiger partial charge in [-0.3, -0.25) is 9.00 Å². The molecule has 0 spiro atoms. The molecule has 0 rings (SSSR count). The van der Waals surface area contributed by atoms with E-state index in [1.54, 1.807) is 6.26 Å². The van der Waals surface area contributed by atoms with Crippen molar-refractivity contribution in [2.45, 2.75) is 51.6 Å². The van der Waals surface area contributed by atoms with Gasteiger partial charge < -0.3 is 11.1 Å². The van der Waals surface area contributed by atoms with E-state index < -0.39 is 10.8 Å². The summed E-state index contributed by atoms with van der Waals surface area (Å²) in [6.45, 7) is 3.88. The van der Waals surface area contributed by atoms with Crippen LogP contribution in [0.5, 0.6) is 0 Å². The average Bonchev–Trinajstić information content (AvgIpc) is 2.14. The van der Waals surface area contributed by atoms with Gasteiger partial charge in [-0.1, -0.05) is 0 Å². The summed E-state index contributed by atoms with van der Waals surface area (Å²) in [6, 6.07) is 0.263. The fourth-order valence-electron chi connectivity index (χ4n) is 1.35. The van der Waals surface area contributed by atoms with Gasteiger partial charge in [-0.2, -0.15) is 0 Å². The van der Waals surface area contributed by atoms with Crippen LogP contribution in [-0.2, 0) is 15.6 Å². The Labute approximate surface area is 101 Å². The van der Waals surface area contributed by atoms with Crippen LogP contribution in [0.25, 0.3) is 0 Å². The van der Waals surface area contributed by atoms with E-state index >= 15 is 0 Å². The van der Waals surface area contributed by atoms with Crippen LogP contribution >= 0.6 is 0 Å². The lowest BCUT2D eigenvalue weighted by Gasteiger charge is -2.13. The van der Waals surface area contributed by atoms with Crippen LogP contribution in [0.4, 0.5) is 0 Å². The maximum absolute atomic E-state index is 11.5. The second kappa shape index (κ2) is 8.70. The summed E-state index contributed by atoms with van der Waals surface area (Å²) >= 11 is 0. The molecule has 5 heteroatoms. The van der Waals surface area contributed by atoms with Crippen LogP contribution in [-0.4, -0.2) is 34.2 Å². The molecule has 0 aliphatic heterocycles. The Kier molecular flexibility index (Phi) is 8.47. The predicted octanol–water partition coefficient (Wildman–Crippen LogP) is 0.777. The highest BCUT2D eigenvalue weighted by atomic mass is 32.2. The van der Waals surface area contributed by atoms with E-state index in [-0.39, 0.29) is 18.0 Å². The first-order valence-corrected chi connectivity index (χ1v) is 7.49. The molecule has 0 aromatic rings. The number of hydrogen-bond donors (Lipinski definition) is 2. The van der Waals surface area contributed by atoms with Crippen molar-refractivity contribution in [3.8, 4) is 0 Å². The zero-order chi connectivity index (χ0) is 12.6. The number of amides is 1. The lowest BCUT2D eigenvalue weighted by atomic mass is 10.1. The first-order chi connectivity index (χ1) is 7.41. The standard InChI is InChI=1S/C11H24N2O2S/c1-9(12)5-4-6-11(14)13-10(2)7-8-16(3)15/h9-10H,4-8,12H2,1-3H3,(H,13,14). The SMILES string of the molecule is CC(N)CCCC(=O)NC(C)CCS(C)=O. The van der Waals surface area contributed by atoms with Gasteiger partial charge in [-0.25, -0.2) is 0 Å². The van der Waals surface area contributed by atoms with E-state index in [0.29, 0.717) is 12.2 Å². The molecule has 0 bridgehead atoms. The molecule has 4 nitrogen and oxygen atoms in total. The van der Waals surface area contributed by atoms with Crippen LogP contribution < -0.4 is 11.1 Å². The summed E-state index contributed by atoms with van der Waals surface area (Å²) in [4.78, 5) is 11.5. The van der Waals surface area contributed by atoms with Crippen molar-refractivity contribution in [3.63, 3.8) is 0 Å². The normalized spacial score (nSPS) is 16.5. The van der Waals surface area contributed by atoms with E-state index in [1.165, 1.54) is 0 Å². The molecular formula is C11H24N2O2S. The summed E-state index contributed by atoms with van der Waals surface area (Å²) in [5.41, 5.74) is 5.60. The van der Waals surface area contributed by atoms with Gasteiger partial charge in [-0.05, 0) is 33.1 Å². The Bertz CT molecular complexity index is 232. The second-order valence-corrected chi connectivity index (χ2v) is 5.96. The van der Waals surface area contributed by atoms with E-state index in [9.17, 15) is 9.00 Å². The van der Waals surface area contributed by atoms with Gasteiger partial charge in [0, 0.05) is 41.3 Å². The zero-order valence-corrected chi connectivity index (χ0v) is 11.3. The molecule has 0 aromatic carbocycles. The van der Waals surface area contributed by atoms with Crippen LogP contribution in [0.15, 0.2) is 0 Å². The summed E-state index contributed by atoms with van der Waals surface area (Å²) in [7, 11) is -0.780. The molecule has 0 saturated heterocycles. The van der Waals surface area contributed by atoms with Crippen molar-refractivity contribution in [3.05, 3.63) is 0 Å². The quantitative estimate of drug-likeness (QED) is 0.666. The van der Waals surface area contributed by atoms with Gasteiger partial charge in [-0.15, -0.1) is 0 Å². The fourth-order valence-corrected chi connectivity index (χ4v) is 2.03. The van der Waals surface area contributed by atoms with Crippen molar-refractivity contribution >= 4 is 16.7 Å². The molecule has 16 heavy (non-hydrogen) atoms. The molecule has 3 N–H and O–H groups in total. The minimum Gasteiger partial charge on any atom is -0.354 e. The number of rotatable bonds is 8. The van der Waals surface area contributed by atoms with E-state index in [4.69, 9.17) is 5.73 Å². The average molecular weight is 248 g/mol. The highest BCUT2D eigenvalue weighted by molar-refractivity contribution is 7.84. The summed E-state index contributed by atoms with van der Waals surface area (Å²) < 4.78 is 10.9. The number of nitrogens with one attached hydrogen (secondary N) is 1. The number of nitrogens with two attached hydrogens (primary N) is 1. The molecule has 0 saturated carbocycles. The molecule has 3 unspecified atom stereocenters. The molecule has 0 heterocycles. The van der Waals surface area contributed by atoms with Crippen molar-refractivity contribution in [2.24, 2.45) is 5.73 Å². The third-order valence-corrected chi connectivity index (χ3v) is 3.12. The van der Waals surface area contributed by atoms with Gasteiger partial charge in [0.05, 0.1) is 0 Å². The van der Waals surface area contributed by atoms with E-state index in [0.717, 1.165) is 19.3 Å². The lowest BCUT2D eigenvalue weighted by molar-refractivity contribution is -0.121. The zero-order valence-electron chi connectivity index (χ0n) is 10.5. The van der Waals surface area contributed by atoms with E-state index in [1.807, 2.05) is 13.8 Å². The molecular weight excluding hydrogens is 224 g/mol. The van der Waals surface area contributed by atoms with Gasteiger partial charge in [0.25, 0.3) is 0 Å². The smallest absolute Gasteiger partial charge is 0.220 e. The highest BCUT2D eigenvalue weighted by Crippen LogP contribution is 2.00. The topological polar surface area (TPSA) is 72.2 Å². The maximum atomic E-state index is 11.5. The Morgan fingerprint density at radius 1 is 1.38 bits per heavy atom. The summed E-state index contributed by atoms with van der Waals surface area (Å²) in [6.07, 6.45) is 4.68. The third kappa shape index (κ3) is 10.1. The summed E-state index contributed by atoms with van der Waals surface area (Å²) in [5, 5.41) is 2.89. The highest BCUT2D eigenvalue weighted by Gasteiger charge is 2.08. The molecule has 0 aromatic heterocycles.